The van der Waals surface area contributed by atoms with Gasteiger partial charge in [-0.1, -0.05) is 19.9 Å². The van der Waals surface area contributed by atoms with Gasteiger partial charge in [0.05, 0.1) is 4.92 Å². The molecule has 1 aromatic heterocycles. The summed E-state index contributed by atoms with van der Waals surface area (Å²) in [4.78, 5) is 14.7. The summed E-state index contributed by atoms with van der Waals surface area (Å²) >= 11 is 0. The molecule has 0 unspecified atom stereocenters. The minimum atomic E-state index is -0.362. The Morgan fingerprint density at radius 2 is 1.95 bits per heavy atom. The van der Waals surface area contributed by atoms with Crippen LogP contribution in [0.25, 0.3) is 0 Å². The Morgan fingerprint density at radius 1 is 1.25 bits per heavy atom. The van der Waals surface area contributed by atoms with Gasteiger partial charge in [-0.25, -0.2) is 0 Å². The number of hydrogen-bond acceptors (Lipinski definition) is 4. The van der Waals surface area contributed by atoms with E-state index >= 15 is 0 Å². The number of nitro benzene ring substituents is 1. The summed E-state index contributed by atoms with van der Waals surface area (Å²) in [6, 6.07) is 8.98. The molecule has 0 aliphatic heterocycles. The van der Waals surface area contributed by atoms with Crippen LogP contribution in [0.4, 0.5) is 11.4 Å². The van der Waals surface area contributed by atoms with Gasteiger partial charge < -0.3 is 5.32 Å². The first kappa shape index (κ1) is 14.0. The highest BCUT2D eigenvalue weighted by molar-refractivity contribution is 5.63. The number of anilines is 1. The largest absolute Gasteiger partial charge is 0.375 e. The second-order valence-corrected chi connectivity index (χ2v) is 4.90. The van der Waals surface area contributed by atoms with Crippen LogP contribution in [0.1, 0.15) is 30.9 Å². The average Bonchev–Trinajstić information content (AvgIpc) is 2.45. The highest BCUT2D eigenvalue weighted by atomic mass is 16.6. The molecule has 20 heavy (non-hydrogen) atoms. The van der Waals surface area contributed by atoms with E-state index in [-0.39, 0.29) is 10.6 Å². The Labute approximate surface area is 117 Å². The van der Waals surface area contributed by atoms with Crippen molar-refractivity contribution >= 4 is 11.4 Å². The summed E-state index contributed by atoms with van der Waals surface area (Å²) in [5, 5.41) is 14.2. The Kier molecular flexibility index (Phi) is 4.30. The number of nitrogens with zero attached hydrogens (tertiary/aromatic N) is 2. The van der Waals surface area contributed by atoms with Crippen LogP contribution < -0.4 is 5.32 Å². The fourth-order valence-corrected chi connectivity index (χ4v) is 1.91. The third-order valence-corrected chi connectivity index (χ3v) is 3.12. The zero-order valence-corrected chi connectivity index (χ0v) is 11.5. The van der Waals surface area contributed by atoms with E-state index in [1.807, 2.05) is 18.2 Å². The standard InChI is InChI=1S/C15H17N3O2/c1-11(2)13-3-4-15(18(19)20)14(9-13)17-10-12-5-7-16-8-6-12/h3-9,11,17H,10H2,1-2H3. The third-order valence-electron chi connectivity index (χ3n) is 3.12. The Balaban J connectivity index is 2.24. The predicted molar refractivity (Wildman–Crippen MR) is 78.7 cm³/mol. The van der Waals surface area contributed by atoms with Gasteiger partial charge in [-0.3, -0.25) is 15.1 Å². The van der Waals surface area contributed by atoms with Crippen molar-refractivity contribution in [3.63, 3.8) is 0 Å². The summed E-state index contributed by atoms with van der Waals surface area (Å²) in [6.45, 7) is 4.66. The van der Waals surface area contributed by atoms with Crippen molar-refractivity contribution in [3.8, 4) is 0 Å². The zero-order valence-electron chi connectivity index (χ0n) is 11.5. The molecular formula is C15H17N3O2. The molecule has 0 aliphatic rings. The van der Waals surface area contributed by atoms with Crippen LogP contribution in [0.5, 0.6) is 0 Å². The number of rotatable bonds is 5. The van der Waals surface area contributed by atoms with Crippen LogP contribution in [-0.2, 0) is 6.54 Å². The van der Waals surface area contributed by atoms with Crippen molar-refractivity contribution in [2.75, 3.05) is 5.32 Å². The number of pyridine rings is 1. The quantitative estimate of drug-likeness (QED) is 0.664. The maximum Gasteiger partial charge on any atom is 0.292 e. The van der Waals surface area contributed by atoms with E-state index < -0.39 is 0 Å². The molecule has 0 saturated heterocycles. The minimum absolute atomic E-state index is 0.100. The normalized spacial score (nSPS) is 10.6. The van der Waals surface area contributed by atoms with Gasteiger partial charge in [-0.2, -0.15) is 0 Å². The first-order valence-corrected chi connectivity index (χ1v) is 6.49. The lowest BCUT2D eigenvalue weighted by Gasteiger charge is -2.11. The summed E-state index contributed by atoms with van der Waals surface area (Å²) in [7, 11) is 0. The number of hydrogen-bond donors (Lipinski definition) is 1. The number of aromatic nitrogens is 1. The van der Waals surface area contributed by atoms with Crippen molar-refractivity contribution in [2.45, 2.75) is 26.3 Å². The van der Waals surface area contributed by atoms with Crippen LogP contribution in [-0.4, -0.2) is 9.91 Å². The lowest BCUT2D eigenvalue weighted by atomic mass is 10.0. The number of benzene rings is 1. The van der Waals surface area contributed by atoms with Crippen molar-refractivity contribution in [1.29, 1.82) is 0 Å². The molecule has 5 heteroatoms. The maximum atomic E-state index is 11.1. The van der Waals surface area contributed by atoms with Gasteiger partial charge in [0.25, 0.3) is 5.69 Å². The number of nitrogens with one attached hydrogen (secondary N) is 1. The molecule has 0 atom stereocenters. The predicted octanol–water partition coefficient (Wildman–Crippen LogP) is 3.73. The fraction of sp³-hybridized carbons (Fsp3) is 0.267. The summed E-state index contributed by atoms with van der Waals surface area (Å²) in [5.74, 6) is 0.331. The van der Waals surface area contributed by atoms with E-state index in [4.69, 9.17) is 0 Å². The molecule has 0 amide bonds. The van der Waals surface area contributed by atoms with E-state index in [0.29, 0.717) is 18.2 Å². The van der Waals surface area contributed by atoms with Crippen molar-refractivity contribution < 1.29 is 4.92 Å². The molecular weight excluding hydrogens is 254 g/mol. The molecule has 2 aromatic rings. The van der Waals surface area contributed by atoms with Crippen LogP contribution >= 0.6 is 0 Å². The molecule has 1 N–H and O–H groups in total. The molecule has 104 valence electrons. The summed E-state index contributed by atoms with van der Waals surface area (Å²) in [5.41, 5.74) is 2.76. The van der Waals surface area contributed by atoms with Crippen molar-refractivity contribution in [2.24, 2.45) is 0 Å². The maximum absolute atomic E-state index is 11.1. The van der Waals surface area contributed by atoms with E-state index in [1.54, 1.807) is 24.5 Å². The van der Waals surface area contributed by atoms with E-state index in [2.05, 4.69) is 24.1 Å². The monoisotopic (exact) mass is 271 g/mol. The SMILES string of the molecule is CC(C)c1ccc([N+](=O)[O-])c(NCc2ccncc2)c1. The average molecular weight is 271 g/mol. The first-order chi connectivity index (χ1) is 9.58. The lowest BCUT2D eigenvalue weighted by molar-refractivity contribution is -0.384. The highest BCUT2D eigenvalue weighted by Crippen LogP contribution is 2.28. The molecule has 0 aliphatic carbocycles. The first-order valence-electron chi connectivity index (χ1n) is 6.49. The molecule has 1 heterocycles. The van der Waals surface area contributed by atoms with Gasteiger partial charge in [-0.05, 0) is 35.2 Å². The van der Waals surface area contributed by atoms with E-state index in [1.165, 1.54) is 0 Å². The lowest BCUT2D eigenvalue weighted by Crippen LogP contribution is -2.04. The molecule has 5 nitrogen and oxygen atoms in total. The molecule has 0 spiro atoms. The zero-order chi connectivity index (χ0) is 14.5. The fourth-order valence-electron chi connectivity index (χ4n) is 1.91. The van der Waals surface area contributed by atoms with Crippen molar-refractivity contribution in [1.82, 2.24) is 4.98 Å². The van der Waals surface area contributed by atoms with Gasteiger partial charge in [0.2, 0.25) is 0 Å². The Bertz CT molecular complexity index is 597. The smallest absolute Gasteiger partial charge is 0.292 e. The van der Waals surface area contributed by atoms with Gasteiger partial charge in [0.1, 0.15) is 5.69 Å². The van der Waals surface area contributed by atoms with E-state index in [9.17, 15) is 10.1 Å². The molecule has 2 rings (SSSR count). The van der Waals surface area contributed by atoms with Crippen molar-refractivity contribution in [3.05, 3.63) is 64.0 Å². The highest BCUT2D eigenvalue weighted by Gasteiger charge is 2.14. The third kappa shape index (κ3) is 3.32. The molecule has 0 radical (unpaired) electrons. The summed E-state index contributed by atoms with van der Waals surface area (Å²) < 4.78 is 0. The minimum Gasteiger partial charge on any atom is -0.375 e. The topological polar surface area (TPSA) is 68.1 Å². The van der Waals surface area contributed by atoms with Crippen LogP contribution in [0.3, 0.4) is 0 Å². The van der Waals surface area contributed by atoms with Gasteiger partial charge in [0, 0.05) is 25.0 Å². The van der Waals surface area contributed by atoms with Gasteiger partial charge in [-0.15, -0.1) is 0 Å². The summed E-state index contributed by atoms with van der Waals surface area (Å²) in [6.07, 6.45) is 3.41. The Morgan fingerprint density at radius 3 is 2.55 bits per heavy atom. The van der Waals surface area contributed by atoms with E-state index in [0.717, 1.165) is 11.1 Å². The second-order valence-electron chi connectivity index (χ2n) is 4.90. The molecule has 0 bridgehead atoms. The Hall–Kier alpha value is -2.43. The van der Waals surface area contributed by atoms with Crippen LogP contribution in [0, 0.1) is 10.1 Å². The number of nitro groups is 1. The molecule has 0 saturated carbocycles. The molecule has 1 aromatic carbocycles. The van der Waals surface area contributed by atoms with Gasteiger partial charge >= 0.3 is 0 Å². The second kappa shape index (κ2) is 6.14. The van der Waals surface area contributed by atoms with Crippen LogP contribution in [0.2, 0.25) is 0 Å². The van der Waals surface area contributed by atoms with Crippen LogP contribution in [0.15, 0.2) is 42.7 Å². The van der Waals surface area contributed by atoms with Gasteiger partial charge in [0.15, 0.2) is 0 Å². The molecule has 0 fully saturated rings.